The van der Waals surface area contributed by atoms with Crippen LogP contribution < -0.4 is 10.2 Å². The standard InChI is InChI=1S/C19H24N4O3/c24-19(25)7-6-16(12-15-4-2-1-3-5-15)22-17-13-18(21-14-20-17)23-8-10-26-11-9-23/h1-5,13-14,16H,6-12H2,(H,24,25)(H,20,21,22). The number of aliphatic carboxylic acids is 1. The molecule has 0 bridgehead atoms. The van der Waals surface area contributed by atoms with Gasteiger partial charge in [0.1, 0.15) is 18.0 Å². The number of benzene rings is 1. The molecule has 2 aromatic rings. The van der Waals surface area contributed by atoms with Crippen LogP contribution in [0.3, 0.4) is 0 Å². The summed E-state index contributed by atoms with van der Waals surface area (Å²) >= 11 is 0. The van der Waals surface area contributed by atoms with Gasteiger partial charge in [-0.15, -0.1) is 0 Å². The summed E-state index contributed by atoms with van der Waals surface area (Å²) in [5, 5.41) is 12.4. The third-order valence-corrected chi connectivity index (χ3v) is 4.37. The first kappa shape index (κ1) is 18.1. The van der Waals surface area contributed by atoms with Gasteiger partial charge in [-0.05, 0) is 18.4 Å². The molecule has 1 aliphatic heterocycles. The maximum Gasteiger partial charge on any atom is 0.303 e. The number of ether oxygens (including phenoxy) is 1. The Balaban J connectivity index is 1.69. The highest BCUT2D eigenvalue weighted by atomic mass is 16.5. The van der Waals surface area contributed by atoms with E-state index in [1.165, 1.54) is 0 Å². The summed E-state index contributed by atoms with van der Waals surface area (Å²) in [6.45, 7) is 3.01. The zero-order valence-corrected chi connectivity index (χ0v) is 14.7. The van der Waals surface area contributed by atoms with Crippen LogP contribution in [0, 0.1) is 0 Å². The minimum absolute atomic E-state index is 0.0130. The minimum Gasteiger partial charge on any atom is -0.481 e. The second kappa shape index (κ2) is 9.15. The average molecular weight is 356 g/mol. The lowest BCUT2D eigenvalue weighted by Crippen LogP contribution is -2.36. The topological polar surface area (TPSA) is 87.6 Å². The van der Waals surface area contributed by atoms with Gasteiger partial charge in [0.2, 0.25) is 0 Å². The van der Waals surface area contributed by atoms with Crippen molar-refractivity contribution in [2.45, 2.75) is 25.3 Å². The Morgan fingerprint density at radius 2 is 2.00 bits per heavy atom. The quantitative estimate of drug-likeness (QED) is 0.750. The number of anilines is 2. The van der Waals surface area contributed by atoms with E-state index in [1.54, 1.807) is 6.33 Å². The number of morpholine rings is 1. The van der Waals surface area contributed by atoms with Gasteiger partial charge in [0.25, 0.3) is 0 Å². The maximum absolute atomic E-state index is 11.0. The van der Waals surface area contributed by atoms with E-state index in [1.807, 2.05) is 24.3 Å². The van der Waals surface area contributed by atoms with E-state index in [9.17, 15) is 4.79 Å². The SMILES string of the molecule is O=C(O)CCC(Cc1ccccc1)Nc1cc(N2CCOCC2)ncn1. The molecule has 1 fully saturated rings. The summed E-state index contributed by atoms with van der Waals surface area (Å²) < 4.78 is 5.38. The molecule has 2 heterocycles. The zero-order chi connectivity index (χ0) is 18.2. The van der Waals surface area contributed by atoms with E-state index >= 15 is 0 Å². The van der Waals surface area contributed by atoms with Crippen molar-refractivity contribution in [3.05, 3.63) is 48.3 Å². The molecule has 1 aliphatic rings. The lowest BCUT2D eigenvalue weighted by molar-refractivity contribution is -0.137. The van der Waals surface area contributed by atoms with Crippen LogP contribution in [0.1, 0.15) is 18.4 Å². The van der Waals surface area contributed by atoms with Gasteiger partial charge in [0.05, 0.1) is 13.2 Å². The third kappa shape index (κ3) is 5.42. The lowest BCUT2D eigenvalue weighted by atomic mass is 10.0. The van der Waals surface area contributed by atoms with Crippen LogP contribution in [0.5, 0.6) is 0 Å². The molecular formula is C19H24N4O3. The first-order valence-corrected chi connectivity index (χ1v) is 8.88. The minimum atomic E-state index is -0.790. The summed E-state index contributed by atoms with van der Waals surface area (Å²) in [5.74, 6) is 0.789. The molecule has 1 aromatic carbocycles. The number of carboxylic acid groups (broad SMARTS) is 1. The molecule has 7 heteroatoms. The van der Waals surface area contributed by atoms with Crippen LogP contribution in [0.25, 0.3) is 0 Å². The molecule has 2 N–H and O–H groups in total. The van der Waals surface area contributed by atoms with Gasteiger partial charge in [-0.2, -0.15) is 0 Å². The van der Waals surface area contributed by atoms with Gasteiger partial charge in [0.15, 0.2) is 0 Å². The number of rotatable bonds is 8. The Hall–Kier alpha value is -2.67. The lowest BCUT2D eigenvalue weighted by Gasteiger charge is -2.28. The summed E-state index contributed by atoms with van der Waals surface area (Å²) in [7, 11) is 0. The van der Waals surface area contributed by atoms with Crippen molar-refractivity contribution in [2.24, 2.45) is 0 Å². The summed E-state index contributed by atoms with van der Waals surface area (Å²) in [6, 6.07) is 12.0. The average Bonchev–Trinajstić information content (AvgIpc) is 2.68. The molecule has 0 amide bonds. The van der Waals surface area contributed by atoms with Gasteiger partial charge in [-0.1, -0.05) is 30.3 Å². The molecule has 1 unspecified atom stereocenters. The molecular weight excluding hydrogens is 332 g/mol. The van der Waals surface area contributed by atoms with Crippen molar-refractivity contribution in [3.8, 4) is 0 Å². The fraction of sp³-hybridized carbons (Fsp3) is 0.421. The van der Waals surface area contributed by atoms with E-state index < -0.39 is 5.97 Å². The van der Waals surface area contributed by atoms with Gasteiger partial charge in [-0.25, -0.2) is 9.97 Å². The molecule has 1 atom stereocenters. The largest absolute Gasteiger partial charge is 0.481 e. The Bertz CT molecular complexity index is 705. The monoisotopic (exact) mass is 356 g/mol. The molecule has 1 saturated heterocycles. The molecule has 0 saturated carbocycles. The van der Waals surface area contributed by atoms with E-state index in [2.05, 4.69) is 32.3 Å². The number of nitrogens with zero attached hydrogens (tertiary/aromatic N) is 3. The molecule has 0 radical (unpaired) electrons. The fourth-order valence-corrected chi connectivity index (χ4v) is 3.02. The van der Waals surface area contributed by atoms with Gasteiger partial charge < -0.3 is 20.1 Å². The van der Waals surface area contributed by atoms with E-state index in [4.69, 9.17) is 9.84 Å². The van der Waals surface area contributed by atoms with Gasteiger partial charge in [0, 0.05) is 31.6 Å². The molecule has 3 rings (SSSR count). The molecule has 138 valence electrons. The number of aromatic nitrogens is 2. The second-order valence-corrected chi connectivity index (χ2v) is 6.32. The van der Waals surface area contributed by atoms with Crippen molar-refractivity contribution in [1.29, 1.82) is 0 Å². The Kier molecular flexibility index (Phi) is 6.38. The summed E-state index contributed by atoms with van der Waals surface area (Å²) in [4.78, 5) is 21.8. The fourth-order valence-electron chi connectivity index (χ4n) is 3.02. The highest BCUT2D eigenvalue weighted by Crippen LogP contribution is 2.18. The van der Waals surface area contributed by atoms with E-state index in [-0.39, 0.29) is 12.5 Å². The second-order valence-electron chi connectivity index (χ2n) is 6.32. The van der Waals surface area contributed by atoms with Crippen LogP contribution in [-0.4, -0.2) is 53.4 Å². The predicted octanol–water partition coefficient (Wildman–Crippen LogP) is 2.20. The molecule has 0 spiro atoms. The van der Waals surface area contributed by atoms with Gasteiger partial charge >= 0.3 is 5.97 Å². The van der Waals surface area contributed by atoms with Crippen molar-refractivity contribution in [1.82, 2.24) is 9.97 Å². The van der Waals surface area contributed by atoms with Crippen LogP contribution >= 0.6 is 0 Å². The summed E-state index contributed by atoms with van der Waals surface area (Å²) in [6.07, 6.45) is 2.93. The van der Waals surface area contributed by atoms with Crippen molar-refractivity contribution >= 4 is 17.6 Å². The first-order chi connectivity index (χ1) is 12.7. The first-order valence-electron chi connectivity index (χ1n) is 8.88. The number of carbonyl (C=O) groups is 1. The van der Waals surface area contributed by atoms with Crippen LogP contribution in [0.15, 0.2) is 42.7 Å². The van der Waals surface area contributed by atoms with Crippen molar-refractivity contribution in [2.75, 3.05) is 36.5 Å². The normalized spacial score (nSPS) is 15.5. The van der Waals surface area contributed by atoms with E-state index in [0.29, 0.717) is 25.5 Å². The van der Waals surface area contributed by atoms with Crippen LogP contribution in [0.4, 0.5) is 11.6 Å². The number of hydrogen-bond acceptors (Lipinski definition) is 6. The summed E-state index contributed by atoms with van der Waals surface area (Å²) in [5.41, 5.74) is 1.16. The predicted molar refractivity (Wildman–Crippen MR) is 99.5 cm³/mol. The highest BCUT2D eigenvalue weighted by Gasteiger charge is 2.16. The molecule has 7 nitrogen and oxygen atoms in total. The molecule has 1 aromatic heterocycles. The third-order valence-electron chi connectivity index (χ3n) is 4.37. The van der Waals surface area contributed by atoms with Crippen molar-refractivity contribution < 1.29 is 14.6 Å². The number of carboxylic acids is 1. The number of nitrogens with one attached hydrogen (secondary N) is 1. The van der Waals surface area contributed by atoms with Crippen LogP contribution in [0.2, 0.25) is 0 Å². The molecule has 26 heavy (non-hydrogen) atoms. The van der Waals surface area contributed by atoms with Crippen molar-refractivity contribution in [3.63, 3.8) is 0 Å². The molecule has 0 aliphatic carbocycles. The Morgan fingerprint density at radius 1 is 1.23 bits per heavy atom. The highest BCUT2D eigenvalue weighted by molar-refractivity contribution is 5.66. The number of hydrogen-bond donors (Lipinski definition) is 2. The van der Waals surface area contributed by atoms with E-state index in [0.717, 1.165) is 30.9 Å². The Labute approximate surface area is 153 Å². The maximum atomic E-state index is 11.0. The van der Waals surface area contributed by atoms with Gasteiger partial charge in [-0.3, -0.25) is 4.79 Å². The zero-order valence-electron chi connectivity index (χ0n) is 14.7. The van der Waals surface area contributed by atoms with Crippen LogP contribution in [-0.2, 0) is 16.0 Å². The Morgan fingerprint density at radius 3 is 2.73 bits per heavy atom. The smallest absolute Gasteiger partial charge is 0.303 e.